The number of rotatable bonds is 13. The molecule has 0 bridgehead atoms. The molecule has 4 heterocycles. The van der Waals surface area contributed by atoms with Crippen molar-refractivity contribution in [3.63, 3.8) is 0 Å². The monoisotopic (exact) mass is 615 g/mol. The molecule has 1 fully saturated rings. The number of nitrogens with zero attached hydrogens (tertiary/aromatic N) is 3. The Morgan fingerprint density at radius 3 is 2.77 bits per heavy atom. The van der Waals surface area contributed by atoms with Gasteiger partial charge in [0, 0.05) is 17.7 Å². The third-order valence-electron chi connectivity index (χ3n) is 7.02. The van der Waals surface area contributed by atoms with Gasteiger partial charge in [-0.2, -0.15) is 0 Å². The van der Waals surface area contributed by atoms with E-state index in [0.29, 0.717) is 17.6 Å². The molecule has 4 rings (SSSR count). The summed E-state index contributed by atoms with van der Waals surface area (Å²) in [5.74, 6) is 5.89. The van der Waals surface area contributed by atoms with Gasteiger partial charge in [-0.05, 0) is 31.2 Å². The van der Waals surface area contributed by atoms with Crippen LogP contribution in [0.25, 0.3) is 11.2 Å². The number of aromatic nitrogens is 4. The highest BCUT2D eigenvalue weighted by molar-refractivity contribution is 7.10. The summed E-state index contributed by atoms with van der Waals surface area (Å²) in [6, 6.07) is 2.79. The zero-order chi connectivity index (χ0) is 30.8. The lowest BCUT2D eigenvalue weighted by Gasteiger charge is -2.44. The van der Waals surface area contributed by atoms with Crippen molar-refractivity contribution < 1.29 is 34.8 Å². The smallest absolute Gasteiger partial charge is 0.239 e. The molecular formula is C28H37N7O7S. The lowest BCUT2D eigenvalue weighted by atomic mass is 9.92. The molecule has 14 nitrogen and oxygen atoms in total. The number of nitrogens with one attached hydrogen (secondary N) is 4. The van der Waals surface area contributed by atoms with Crippen LogP contribution in [0.3, 0.4) is 0 Å². The van der Waals surface area contributed by atoms with Gasteiger partial charge >= 0.3 is 0 Å². The molecule has 2 amide bonds. The number of hydrogen-bond acceptors (Lipinski definition) is 12. The molecule has 43 heavy (non-hydrogen) atoms. The Bertz CT molecular complexity index is 1390. The average Bonchev–Trinajstić information content (AvgIpc) is 3.72. The zero-order valence-electron chi connectivity index (χ0n) is 23.6. The van der Waals surface area contributed by atoms with Gasteiger partial charge in [0.15, 0.2) is 17.7 Å². The van der Waals surface area contributed by atoms with Gasteiger partial charge in [-0.1, -0.05) is 18.4 Å². The summed E-state index contributed by atoms with van der Waals surface area (Å²) in [7, 11) is 0. The second kappa shape index (κ2) is 15.7. The van der Waals surface area contributed by atoms with Gasteiger partial charge in [-0.15, -0.1) is 17.3 Å². The third-order valence-corrected chi connectivity index (χ3v) is 8.08. The number of aliphatic hydroxyl groups is 4. The van der Waals surface area contributed by atoms with Crippen molar-refractivity contribution in [3.8, 4) is 11.8 Å². The first-order valence-corrected chi connectivity index (χ1v) is 15.0. The van der Waals surface area contributed by atoms with Crippen molar-refractivity contribution in [1.82, 2.24) is 30.6 Å². The van der Waals surface area contributed by atoms with Gasteiger partial charge in [0.2, 0.25) is 11.8 Å². The predicted molar refractivity (Wildman–Crippen MR) is 158 cm³/mol. The van der Waals surface area contributed by atoms with E-state index in [1.807, 2.05) is 11.4 Å². The largest absolute Gasteiger partial charge is 0.394 e. The van der Waals surface area contributed by atoms with Crippen LogP contribution in [0.15, 0.2) is 30.2 Å². The van der Waals surface area contributed by atoms with E-state index in [2.05, 4.69) is 60.7 Å². The Labute approximate surface area is 252 Å². The number of imidazole rings is 1. The Balaban J connectivity index is 1.21. The molecule has 0 aromatic carbocycles. The summed E-state index contributed by atoms with van der Waals surface area (Å²) < 4.78 is 5.78. The maximum atomic E-state index is 12.6. The molecule has 3 aromatic rings. The molecule has 1 aliphatic heterocycles. The quantitative estimate of drug-likeness (QED) is 0.0945. The van der Waals surface area contributed by atoms with E-state index in [1.54, 1.807) is 11.3 Å². The maximum Gasteiger partial charge on any atom is 0.239 e. The molecule has 2 unspecified atom stereocenters. The second-order valence-corrected chi connectivity index (χ2v) is 11.2. The van der Waals surface area contributed by atoms with Crippen LogP contribution in [-0.2, 0) is 14.3 Å². The van der Waals surface area contributed by atoms with Crippen molar-refractivity contribution in [2.45, 2.75) is 81.6 Å². The summed E-state index contributed by atoms with van der Waals surface area (Å²) >= 11 is 1.69. The molecule has 0 saturated carbocycles. The fourth-order valence-electron chi connectivity index (χ4n) is 4.66. The molecule has 0 aliphatic carbocycles. The second-order valence-electron chi connectivity index (χ2n) is 10.2. The SMILES string of the molecule is CC(C#CCCCCCC(=O)NCC(=O)N[C@@H]1[C@@H](O)[C@@H](O)[C@@H](Nc2ncnc3nc[nH]c23)O[C@H]1C(O)CO)c1cccs1. The minimum Gasteiger partial charge on any atom is -0.394 e. The minimum absolute atomic E-state index is 0.208. The highest BCUT2D eigenvalue weighted by atomic mass is 32.1. The molecule has 8 N–H and O–H groups in total. The molecule has 0 spiro atoms. The standard InChI is InChI=1S/C28H37N7O7S/c1-16(18-9-7-11-43-18)8-5-3-2-4-6-10-19(38)29-12-20(39)34-21-23(40)24(41)28(42-25(21)17(37)13-36)35-27-22-26(31-14-30-22)32-15-33-27/h7,9,11,14-17,21,23-25,28,36-37,40-41H,2-4,6,10,12-13H2,1H3,(H,29,38)(H,34,39)(H2,30,31,32,33,35)/t16?,17?,21-,23-,24-,25+,28+/m1/s1. The van der Waals surface area contributed by atoms with Crippen molar-refractivity contribution in [3.05, 3.63) is 35.0 Å². The third kappa shape index (κ3) is 8.69. The number of aliphatic hydroxyl groups excluding tert-OH is 4. The Morgan fingerprint density at radius 2 is 2.00 bits per heavy atom. The summed E-state index contributed by atoms with van der Waals surface area (Å²) in [6.07, 6.45) is -1.28. The molecule has 0 radical (unpaired) electrons. The van der Waals surface area contributed by atoms with Crippen LogP contribution in [0.1, 0.15) is 49.8 Å². The van der Waals surface area contributed by atoms with E-state index in [-0.39, 0.29) is 30.6 Å². The minimum atomic E-state index is -1.60. The molecular weight excluding hydrogens is 578 g/mol. The summed E-state index contributed by atoms with van der Waals surface area (Å²) in [5, 5.41) is 51.5. The molecule has 1 saturated heterocycles. The Hall–Kier alpha value is -3.65. The maximum absolute atomic E-state index is 12.6. The van der Waals surface area contributed by atoms with Gasteiger partial charge in [0.25, 0.3) is 0 Å². The van der Waals surface area contributed by atoms with Gasteiger partial charge in [0.05, 0.1) is 31.4 Å². The molecule has 7 atom stereocenters. The van der Waals surface area contributed by atoms with E-state index in [1.165, 1.54) is 17.5 Å². The van der Waals surface area contributed by atoms with Gasteiger partial charge < -0.3 is 46.1 Å². The van der Waals surface area contributed by atoms with E-state index >= 15 is 0 Å². The fraction of sp³-hybridized carbons (Fsp3) is 0.536. The number of thiophene rings is 1. The topological polar surface area (TPSA) is 215 Å². The number of anilines is 1. The summed E-state index contributed by atoms with van der Waals surface area (Å²) in [4.78, 5) is 41.1. The van der Waals surface area contributed by atoms with Crippen LogP contribution >= 0.6 is 11.3 Å². The first-order valence-electron chi connectivity index (χ1n) is 14.1. The average molecular weight is 616 g/mol. The lowest BCUT2D eigenvalue weighted by Crippen LogP contribution is -2.68. The van der Waals surface area contributed by atoms with E-state index in [9.17, 15) is 30.0 Å². The molecule has 15 heteroatoms. The summed E-state index contributed by atoms with van der Waals surface area (Å²) in [5.41, 5.74) is 0.776. The number of ether oxygens (including phenoxy) is 1. The van der Waals surface area contributed by atoms with Gasteiger partial charge in [-0.3, -0.25) is 9.59 Å². The lowest BCUT2D eigenvalue weighted by molar-refractivity contribution is -0.204. The molecule has 3 aromatic heterocycles. The van der Waals surface area contributed by atoms with Crippen LogP contribution < -0.4 is 16.0 Å². The van der Waals surface area contributed by atoms with E-state index in [0.717, 1.165) is 19.3 Å². The number of amides is 2. The number of carbonyl (C=O) groups excluding carboxylic acids is 2. The first kappa shape index (κ1) is 32.3. The number of aromatic amines is 1. The summed E-state index contributed by atoms with van der Waals surface area (Å²) in [6.45, 7) is 0.958. The zero-order valence-corrected chi connectivity index (χ0v) is 24.5. The van der Waals surface area contributed by atoms with Gasteiger partial charge in [-0.25, -0.2) is 15.0 Å². The van der Waals surface area contributed by atoms with Crippen molar-refractivity contribution in [1.29, 1.82) is 0 Å². The number of hydrogen-bond donors (Lipinski definition) is 8. The highest BCUT2D eigenvalue weighted by Gasteiger charge is 2.48. The Kier molecular flexibility index (Phi) is 11.8. The van der Waals surface area contributed by atoms with Crippen LogP contribution in [0.2, 0.25) is 0 Å². The predicted octanol–water partition coefficient (Wildman–Crippen LogP) is -0.0152. The number of H-pyrrole nitrogens is 1. The van der Waals surface area contributed by atoms with Crippen LogP contribution in [0.4, 0.5) is 5.82 Å². The number of fused-ring (bicyclic) bond motifs is 1. The van der Waals surface area contributed by atoms with Crippen molar-refractivity contribution in [2.75, 3.05) is 18.5 Å². The normalized spacial score (nSPS) is 23.1. The molecule has 232 valence electrons. The Morgan fingerprint density at radius 1 is 1.16 bits per heavy atom. The molecule has 1 aliphatic rings. The van der Waals surface area contributed by atoms with Crippen LogP contribution in [-0.4, -0.2) is 102 Å². The number of unbranched alkanes of at least 4 members (excludes halogenated alkanes) is 3. The van der Waals surface area contributed by atoms with E-state index < -0.39 is 49.2 Å². The van der Waals surface area contributed by atoms with Gasteiger partial charge in [0.1, 0.15) is 36.3 Å². The van der Waals surface area contributed by atoms with E-state index in [4.69, 9.17) is 4.74 Å². The highest BCUT2D eigenvalue weighted by Crippen LogP contribution is 2.26. The van der Waals surface area contributed by atoms with Crippen molar-refractivity contribution >= 4 is 40.1 Å². The van der Waals surface area contributed by atoms with Crippen LogP contribution in [0, 0.1) is 11.8 Å². The number of carbonyl (C=O) groups is 2. The first-order chi connectivity index (χ1) is 20.8. The fourth-order valence-corrected chi connectivity index (χ4v) is 5.40. The van der Waals surface area contributed by atoms with Crippen molar-refractivity contribution in [2.24, 2.45) is 0 Å². The van der Waals surface area contributed by atoms with Crippen LogP contribution in [0.5, 0.6) is 0 Å².